The minimum Gasteiger partial charge on any atom is -0.385 e. The molecular weight excluding hydrogens is 404 g/mol. The van der Waals surface area contributed by atoms with Gasteiger partial charge in [-0.2, -0.15) is 0 Å². The number of ether oxygens (including phenoxy) is 1. The van der Waals surface area contributed by atoms with E-state index < -0.39 is 0 Å². The number of anilines is 1. The van der Waals surface area contributed by atoms with Gasteiger partial charge in [-0.25, -0.2) is 0 Å². The predicted octanol–water partition coefficient (Wildman–Crippen LogP) is 2.45. The molecule has 0 radical (unpaired) electrons. The number of para-hydroxylation sites is 1. The van der Waals surface area contributed by atoms with Crippen LogP contribution >= 0.6 is 0 Å². The highest BCUT2D eigenvalue weighted by molar-refractivity contribution is 5.98. The second kappa shape index (κ2) is 12.3. The first-order chi connectivity index (χ1) is 15.6. The first-order valence-corrected chi connectivity index (χ1v) is 11.3. The van der Waals surface area contributed by atoms with E-state index in [0.29, 0.717) is 19.7 Å². The summed E-state index contributed by atoms with van der Waals surface area (Å²) >= 11 is 0. The highest BCUT2D eigenvalue weighted by atomic mass is 16.5. The van der Waals surface area contributed by atoms with Crippen LogP contribution in [-0.4, -0.2) is 80.6 Å². The number of methoxy groups -OCH3 is 1. The summed E-state index contributed by atoms with van der Waals surface area (Å²) in [6.07, 6.45) is 0.816. The van der Waals surface area contributed by atoms with Crippen LogP contribution in [-0.2, 0) is 14.3 Å². The van der Waals surface area contributed by atoms with Crippen molar-refractivity contribution < 1.29 is 14.3 Å². The zero-order valence-corrected chi connectivity index (χ0v) is 19.0. The molecule has 0 spiro atoms. The van der Waals surface area contributed by atoms with Gasteiger partial charge in [0.25, 0.3) is 0 Å². The molecule has 172 valence electrons. The molecule has 7 nitrogen and oxygen atoms in total. The van der Waals surface area contributed by atoms with Crippen molar-refractivity contribution in [2.45, 2.75) is 19.4 Å². The number of rotatable bonds is 10. The molecule has 7 heteroatoms. The molecular formula is C25H34N4O3. The van der Waals surface area contributed by atoms with Crippen molar-refractivity contribution in [3.8, 4) is 11.1 Å². The summed E-state index contributed by atoms with van der Waals surface area (Å²) in [5, 5.41) is 6.04. The number of carbonyl (C=O) groups is 2. The van der Waals surface area contributed by atoms with E-state index in [-0.39, 0.29) is 17.9 Å². The molecule has 1 atom stereocenters. The van der Waals surface area contributed by atoms with Crippen LogP contribution in [0.5, 0.6) is 0 Å². The number of benzene rings is 2. The Balaban J connectivity index is 1.48. The Hall–Kier alpha value is -2.74. The molecule has 0 aliphatic carbocycles. The van der Waals surface area contributed by atoms with Gasteiger partial charge >= 0.3 is 0 Å². The van der Waals surface area contributed by atoms with E-state index in [2.05, 4.69) is 20.4 Å². The number of piperazine rings is 1. The molecule has 3 rings (SSSR count). The monoisotopic (exact) mass is 438 g/mol. The smallest absolute Gasteiger partial charge is 0.241 e. The van der Waals surface area contributed by atoms with Crippen LogP contribution in [0.15, 0.2) is 54.6 Å². The molecule has 0 saturated carbocycles. The third-order valence-electron chi connectivity index (χ3n) is 5.82. The SMILES string of the molecule is COCCCNC(=O)CN1CCN(C(C)C(=O)Nc2ccccc2-c2ccccc2)CC1. The van der Waals surface area contributed by atoms with Crippen molar-refractivity contribution >= 4 is 17.5 Å². The van der Waals surface area contributed by atoms with Crippen molar-refractivity contribution in [2.75, 3.05) is 58.3 Å². The lowest BCUT2D eigenvalue weighted by Gasteiger charge is -2.37. The molecule has 2 amide bonds. The van der Waals surface area contributed by atoms with Gasteiger partial charge in [-0.15, -0.1) is 0 Å². The molecule has 0 aromatic heterocycles. The number of amides is 2. The molecule has 0 bridgehead atoms. The average Bonchev–Trinajstić information content (AvgIpc) is 2.83. The molecule has 2 aromatic rings. The van der Waals surface area contributed by atoms with Crippen LogP contribution in [0.4, 0.5) is 5.69 Å². The molecule has 1 unspecified atom stereocenters. The maximum absolute atomic E-state index is 13.0. The molecule has 2 N–H and O–H groups in total. The minimum absolute atomic E-state index is 0.0160. The van der Waals surface area contributed by atoms with Gasteiger partial charge in [0.1, 0.15) is 0 Å². The van der Waals surface area contributed by atoms with Gasteiger partial charge < -0.3 is 15.4 Å². The average molecular weight is 439 g/mol. The lowest BCUT2D eigenvalue weighted by atomic mass is 10.0. The van der Waals surface area contributed by atoms with E-state index in [1.807, 2.05) is 61.5 Å². The number of hydrogen-bond donors (Lipinski definition) is 2. The topological polar surface area (TPSA) is 73.9 Å². The number of nitrogens with zero attached hydrogens (tertiary/aromatic N) is 2. The van der Waals surface area contributed by atoms with E-state index >= 15 is 0 Å². The summed E-state index contributed by atoms with van der Waals surface area (Å²) < 4.78 is 4.99. The van der Waals surface area contributed by atoms with E-state index in [4.69, 9.17) is 4.74 Å². The first-order valence-electron chi connectivity index (χ1n) is 11.3. The van der Waals surface area contributed by atoms with Crippen molar-refractivity contribution in [3.63, 3.8) is 0 Å². The standard InChI is InChI=1S/C25H34N4O3/c1-20(29-16-14-28(15-17-29)19-24(30)26-13-8-18-32-2)25(31)27-23-12-7-6-11-22(23)21-9-4-3-5-10-21/h3-7,9-12,20H,8,13-19H2,1-2H3,(H,26,30)(H,27,31). The largest absolute Gasteiger partial charge is 0.385 e. The van der Waals surface area contributed by atoms with Gasteiger partial charge in [0.05, 0.1) is 12.6 Å². The van der Waals surface area contributed by atoms with Gasteiger partial charge in [0.15, 0.2) is 0 Å². The van der Waals surface area contributed by atoms with Crippen molar-refractivity contribution in [3.05, 3.63) is 54.6 Å². The van der Waals surface area contributed by atoms with Gasteiger partial charge in [-0.3, -0.25) is 19.4 Å². The third kappa shape index (κ3) is 6.88. The van der Waals surface area contributed by atoms with Gasteiger partial charge in [-0.05, 0) is 25.0 Å². The lowest BCUT2D eigenvalue weighted by Crippen LogP contribution is -2.54. The Morgan fingerprint density at radius 1 is 1.00 bits per heavy atom. The van der Waals surface area contributed by atoms with Crippen LogP contribution in [0.2, 0.25) is 0 Å². The zero-order chi connectivity index (χ0) is 22.8. The van der Waals surface area contributed by atoms with Gasteiger partial charge in [0.2, 0.25) is 11.8 Å². The van der Waals surface area contributed by atoms with Gasteiger partial charge in [-0.1, -0.05) is 48.5 Å². The minimum atomic E-state index is -0.246. The third-order valence-corrected chi connectivity index (χ3v) is 5.82. The summed E-state index contributed by atoms with van der Waals surface area (Å²) in [6, 6.07) is 17.7. The van der Waals surface area contributed by atoms with Crippen molar-refractivity contribution in [1.82, 2.24) is 15.1 Å². The van der Waals surface area contributed by atoms with Crippen LogP contribution in [0.3, 0.4) is 0 Å². The maximum atomic E-state index is 13.0. The molecule has 1 aliphatic heterocycles. The van der Waals surface area contributed by atoms with E-state index in [9.17, 15) is 9.59 Å². The van der Waals surface area contributed by atoms with E-state index in [1.165, 1.54) is 0 Å². The fraction of sp³-hybridized carbons (Fsp3) is 0.440. The Morgan fingerprint density at radius 2 is 1.69 bits per heavy atom. The quantitative estimate of drug-likeness (QED) is 0.558. The van der Waals surface area contributed by atoms with Crippen molar-refractivity contribution in [1.29, 1.82) is 0 Å². The molecule has 2 aromatic carbocycles. The van der Waals surface area contributed by atoms with Crippen LogP contribution in [0.1, 0.15) is 13.3 Å². The fourth-order valence-electron chi connectivity index (χ4n) is 3.88. The Kier molecular flexibility index (Phi) is 9.22. The zero-order valence-electron chi connectivity index (χ0n) is 19.0. The molecule has 1 aliphatic rings. The summed E-state index contributed by atoms with van der Waals surface area (Å²) in [7, 11) is 1.66. The Labute approximate surface area is 190 Å². The summed E-state index contributed by atoms with van der Waals surface area (Å²) in [5.74, 6) is 0.0237. The summed E-state index contributed by atoms with van der Waals surface area (Å²) in [5.41, 5.74) is 2.90. The maximum Gasteiger partial charge on any atom is 0.241 e. The highest BCUT2D eigenvalue weighted by Crippen LogP contribution is 2.27. The van der Waals surface area contributed by atoms with Crippen molar-refractivity contribution in [2.24, 2.45) is 0 Å². The number of nitrogens with one attached hydrogen (secondary N) is 2. The Morgan fingerprint density at radius 3 is 2.41 bits per heavy atom. The fourth-order valence-corrected chi connectivity index (χ4v) is 3.88. The number of carbonyl (C=O) groups excluding carboxylic acids is 2. The normalized spacial score (nSPS) is 15.8. The van der Waals surface area contributed by atoms with Gasteiger partial charge in [0, 0.05) is 57.7 Å². The lowest BCUT2D eigenvalue weighted by molar-refractivity contribution is -0.124. The Bertz CT molecular complexity index is 867. The molecule has 1 heterocycles. The summed E-state index contributed by atoms with van der Waals surface area (Å²) in [4.78, 5) is 29.4. The van der Waals surface area contributed by atoms with E-state index in [0.717, 1.165) is 49.4 Å². The van der Waals surface area contributed by atoms with Crippen LogP contribution in [0.25, 0.3) is 11.1 Å². The van der Waals surface area contributed by atoms with Crippen LogP contribution in [0, 0.1) is 0 Å². The number of hydrogen-bond acceptors (Lipinski definition) is 5. The summed E-state index contributed by atoms with van der Waals surface area (Å²) in [6.45, 7) is 6.67. The van der Waals surface area contributed by atoms with E-state index in [1.54, 1.807) is 7.11 Å². The second-order valence-corrected chi connectivity index (χ2v) is 8.09. The first kappa shape index (κ1) is 23.9. The predicted molar refractivity (Wildman–Crippen MR) is 127 cm³/mol. The highest BCUT2D eigenvalue weighted by Gasteiger charge is 2.26. The molecule has 1 saturated heterocycles. The molecule has 1 fully saturated rings. The van der Waals surface area contributed by atoms with Crippen LogP contribution < -0.4 is 10.6 Å². The molecule has 32 heavy (non-hydrogen) atoms. The second-order valence-electron chi connectivity index (χ2n) is 8.09.